The Bertz CT molecular complexity index is 743. The van der Waals surface area contributed by atoms with Crippen molar-refractivity contribution in [3.63, 3.8) is 0 Å². The van der Waals surface area contributed by atoms with Gasteiger partial charge < -0.3 is 10.1 Å². The topological polar surface area (TPSA) is 38.3 Å². The number of halogens is 1. The van der Waals surface area contributed by atoms with Crippen molar-refractivity contribution in [1.29, 1.82) is 0 Å². The molecule has 0 saturated heterocycles. The van der Waals surface area contributed by atoms with Crippen LogP contribution in [-0.2, 0) is 11.3 Å². The number of carbonyl (C=O) groups is 1. The third-order valence-corrected chi connectivity index (χ3v) is 4.48. The van der Waals surface area contributed by atoms with Crippen molar-refractivity contribution >= 4 is 17.7 Å². The molecule has 1 aliphatic rings. The van der Waals surface area contributed by atoms with Crippen molar-refractivity contribution in [2.24, 2.45) is 0 Å². The summed E-state index contributed by atoms with van der Waals surface area (Å²) in [4.78, 5) is 12.1. The number of nitrogens with one attached hydrogen (secondary N) is 1. The van der Waals surface area contributed by atoms with Crippen LogP contribution in [0, 0.1) is 0 Å². The molecule has 3 nitrogen and oxygen atoms in total. The number of alkyl carbamates (subject to hydrolysis) is 1. The molecule has 0 bridgehead atoms. The molecule has 0 aliphatic heterocycles. The van der Waals surface area contributed by atoms with E-state index in [0.717, 1.165) is 17.5 Å². The summed E-state index contributed by atoms with van der Waals surface area (Å²) in [5.74, 6) is 0.293. The van der Waals surface area contributed by atoms with Gasteiger partial charge in [0.2, 0.25) is 0 Å². The van der Waals surface area contributed by atoms with Crippen LogP contribution < -0.4 is 5.32 Å². The van der Waals surface area contributed by atoms with E-state index < -0.39 is 6.09 Å². The van der Waals surface area contributed by atoms with Crippen molar-refractivity contribution in [3.05, 3.63) is 82.4 Å². The number of ether oxygens (including phenoxy) is 1. The lowest BCUT2D eigenvalue weighted by Crippen LogP contribution is -2.27. The van der Waals surface area contributed by atoms with Gasteiger partial charge in [-0.05, 0) is 42.2 Å². The minimum absolute atomic E-state index is 0.0804. The van der Waals surface area contributed by atoms with E-state index in [9.17, 15) is 4.79 Å². The average Bonchev–Trinajstić information content (AvgIpc) is 2.91. The van der Waals surface area contributed by atoms with Crippen LogP contribution in [-0.4, -0.2) is 6.09 Å². The van der Waals surface area contributed by atoms with Crippen molar-refractivity contribution in [2.45, 2.75) is 31.9 Å². The molecule has 1 aliphatic carbocycles. The molecule has 0 heterocycles. The zero-order valence-corrected chi connectivity index (χ0v) is 14.3. The van der Waals surface area contributed by atoms with Gasteiger partial charge in [0.1, 0.15) is 6.61 Å². The van der Waals surface area contributed by atoms with E-state index in [4.69, 9.17) is 16.3 Å². The lowest BCUT2D eigenvalue weighted by atomic mass is 10.0. The third-order valence-electron chi connectivity index (χ3n) is 4.24. The molecule has 0 spiro atoms. The lowest BCUT2D eigenvalue weighted by molar-refractivity contribution is 0.135. The molecule has 1 N–H and O–H groups in total. The summed E-state index contributed by atoms with van der Waals surface area (Å²) in [7, 11) is 0. The van der Waals surface area contributed by atoms with Crippen molar-refractivity contribution in [2.75, 3.05) is 0 Å². The van der Waals surface area contributed by atoms with E-state index in [-0.39, 0.29) is 12.6 Å². The predicted molar refractivity (Wildman–Crippen MR) is 96.1 cm³/mol. The van der Waals surface area contributed by atoms with Gasteiger partial charge in [-0.1, -0.05) is 60.2 Å². The maximum absolute atomic E-state index is 12.1. The number of fused-ring (bicyclic) bond motifs is 1. The van der Waals surface area contributed by atoms with E-state index in [1.807, 2.05) is 61.5 Å². The first-order chi connectivity index (χ1) is 11.7. The molecule has 124 valence electrons. The molecule has 1 amide bonds. The number of carbonyl (C=O) groups excluding carboxylic acids is 1. The summed E-state index contributed by atoms with van der Waals surface area (Å²) in [5.41, 5.74) is 3.25. The number of amides is 1. The van der Waals surface area contributed by atoms with Crippen LogP contribution in [0.25, 0.3) is 0 Å². The zero-order chi connectivity index (χ0) is 16.9. The number of rotatable bonds is 4. The molecule has 0 aromatic heterocycles. The summed E-state index contributed by atoms with van der Waals surface area (Å²) in [6, 6.07) is 15.4. The quantitative estimate of drug-likeness (QED) is 0.759. The highest BCUT2D eigenvalue weighted by molar-refractivity contribution is 6.30. The van der Waals surface area contributed by atoms with Gasteiger partial charge in [0, 0.05) is 10.9 Å². The molecular formula is C20H20ClNO2. The fourth-order valence-corrected chi connectivity index (χ4v) is 3.33. The maximum Gasteiger partial charge on any atom is 0.407 e. The predicted octanol–water partition coefficient (Wildman–Crippen LogP) is 5.37. The van der Waals surface area contributed by atoms with Gasteiger partial charge in [-0.25, -0.2) is 4.79 Å². The minimum atomic E-state index is -0.407. The Morgan fingerprint density at radius 1 is 1.25 bits per heavy atom. The minimum Gasteiger partial charge on any atom is -0.445 e. The fourth-order valence-electron chi connectivity index (χ4n) is 3.15. The van der Waals surface area contributed by atoms with Crippen LogP contribution in [0.5, 0.6) is 0 Å². The van der Waals surface area contributed by atoms with Gasteiger partial charge in [0.15, 0.2) is 0 Å². The molecule has 0 saturated carbocycles. The Kier molecular flexibility index (Phi) is 5.21. The van der Waals surface area contributed by atoms with Gasteiger partial charge >= 0.3 is 6.09 Å². The summed E-state index contributed by atoms with van der Waals surface area (Å²) in [6.07, 6.45) is 4.61. The Morgan fingerprint density at radius 3 is 2.79 bits per heavy atom. The Morgan fingerprint density at radius 2 is 2.04 bits per heavy atom. The van der Waals surface area contributed by atoms with Crippen LogP contribution in [0.1, 0.15) is 42.0 Å². The number of hydrogen-bond acceptors (Lipinski definition) is 2. The van der Waals surface area contributed by atoms with Crippen molar-refractivity contribution in [3.8, 4) is 0 Å². The summed E-state index contributed by atoms with van der Waals surface area (Å²) < 4.78 is 5.33. The molecule has 24 heavy (non-hydrogen) atoms. The molecule has 3 rings (SSSR count). The summed E-state index contributed by atoms with van der Waals surface area (Å²) in [6.45, 7) is 2.27. The Hall–Kier alpha value is -2.26. The third kappa shape index (κ3) is 3.80. The van der Waals surface area contributed by atoms with Crippen LogP contribution in [0.15, 0.2) is 60.7 Å². The molecule has 2 aromatic carbocycles. The molecule has 2 atom stereocenters. The van der Waals surface area contributed by atoms with Crippen molar-refractivity contribution in [1.82, 2.24) is 5.32 Å². The number of benzene rings is 2. The highest BCUT2D eigenvalue weighted by Gasteiger charge is 2.30. The van der Waals surface area contributed by atoms with E-state index >= 15 is 0 Å². The monoisotopic (exact) mass is 341 g/mol. The lowest BCUT2D eigenvalue weighted by Gasteiger charge is -2.14. The van der Waals surface area contributed by atoms with Crippen LogP contribution in [0.4, 0.5) is 4.79 Å². The Labute approximate surface area is 147 Å². The largest absolute Gasteiger partial charge is 0.445 e. The molecule has 0 radical (unpaired) electrons. The highest BCUT2D eigenvalue weighted by atomic mass is 35.5. The van der Waals surface area contributed by atoms with Gasteiger partial charge in [0.25, 0.3) is 0 Å². The highest BCUT2D eigenvalue weighted by Crippen LogP contribution is 2.42. The van der Waals surface area contributed by atoms with Crippen LogP contribution >= 0.6 is 11.6 Å². The van der Waals surface area contributed by atoms with Crippen LogP contribution in [0.2, 0.25) is 5.02 Å². The Balaban J connectivity index is 1.67. The van der Waals surface area contributed by atoms with Crippen LogP contribution in [0.3, 0.4) is 0 Å². The maximum atomic E-state index is 12.1. The SMILES string of the molecule is C/C=C\C1CC(NC(=O)OCc2ccccc2)c2cc(Cl)ccc21. The smallest absolute Gasteiger partial charge is 0.407 e. The van der Waals surface area contributed by atoms with Crippen molar-refractivity contribution < 1.29 is 9.53 Å². The summed E-state index contributed by atoms with van der Waals surface area (Å²) >= 11 is 6.13. The zero-order valence-electron chi connectivity index (χ0n) is 13.5. The van der Waals surface area contributed by atoms with E-state index in [1.165, 1.54) is 5.56 Å². The molecular weight excluding hydrogens is 322 g/mol. The number of allylic oxidation sites excluding steroid dienone is 2. The second kappa shape index (κ2) is 7.54. The first-order valence-electron chi connectivity index (χ1n) is 8.06. The van der Waals surface area contributed by atoms with E-state index in [2.05, 4.69) is 11.4 Å². The molecule has 2 unspecified atom stereocenters. The van der Waals surface area contributed by atoms with Gasteiger partial charge in [-0.2, -0.15) is 0 Å². The average molecular weight is 342 g/mol. The summed E-state index contributed by atoms with van der Waals surface area (Å²) in [5, 5.41) is 3.65. The molecule has 4 heteroatoms. The fraction of sp³-hybridized carbons (Fsp3) is 0.250. The van der Waals surface area contributed by atoms with Gasteiger partial charge in [-0.15, -0.1) is 0 Å². The van der Waals surface area contributed by atoms with Gasteiger partial charge in [0.05, 0.1) is 6.04 Å². The van der Waals surface area contributed by atoms with E-state index in [1.54, 1.807) is 0 Å². The first-order valence-corrected chi connectivity index (χ1v) is 8.44. The molecule has 0 fully saturated rings. The normalized spacial score (nSPS) is 19.2. The van der Waals surface area contributed by atoms with E-state index in [0.29, 0.717) is 10.9 Å². The second-order valence-electron chi connectivity index (χ2n) is 5.90. The molecule has 2 aromatic rings. The standard InChI is InChI=1S/C20H20ClNO2/c1-2-6-15-11-19(18-12-16(21)9-10-17(15)18)22-20(23)24-13-14-7-4-3-5-8-14/h2-10,12,15,19H,11,13H2,1H3,(H,22,23)/b6-2-. The number of hydrogen-bond donors (Lipinski definition) is 1. The van der Waals surface area contributed by atoms with Gasteiger partial charge in [-0.3, -0.25) is 0 Å². The first kappa shape index (κ1) is 16.6. The second-order valence-corrected chi connectivity index (χ2v) is 6.34.